The lowest BCUT2D eigenvalue weighted by atomic mass is 10.2. The van der Waals surface area contributed by atoms with Crippen LogP contribution >= 0.6 is 15.9 Å². The normalized spacial score (nSPS) is 10.5. The van der Waals surface area contributed by atoms with Crippen LogP contribution in [0.2, 0.25) is 0 Å². The highest BCUT2D eigenvalue weighted by Gasteiger charge is 2.10. The standard InChI is InChI=1S/C15H12BrN3O4/c1-23-12-6-7-14(16)13(8-12)15(20)18-17-9-10-2-4-11(5-3-10)19(21)22/h2-9H,1H3,(H,18,20)/b17-9+. The summed E-state index contributed by atoms with van der Waals surface area (Å²) >= 11 is 3.29. The van der Waals surface area contributed by atoms with Gasteiger partial charge in [0.1, 0.15) is 5.75 Å². The molecule has 0 aromatic heterocycles. The van der Waals surface area contributed by atoms with Crippen molar-refractivity contribution >= 4 is 33.7 Å². The maximum Gasteiger partial charge on any atom is 0.272 e. The lowest BCUT2D eigenvalue weighted by Gasteiger charge is -2.05. The Morgan fingerprint density at radius 2 is 2.00 bits per heavy atom. The molecule has 0 heterocycles. The van der Waals surface area contributed by atoms with Crippen LogP contribution < -0.4 is 10.2 Å². The van der Waals surface area contributed by atoms with E-state index in [1.807, 2.05) is 0 Å². The fourth-order valence-corrected chi connectivity index (χ4v) is 2.14. The third-order valence-corrected chi connectivity index (χ3v) is 3.59. The molecule has 0 spiro atoms. The Hall–Kier alpha value is -2.74. The Labute approximate surface area is 140 Å². The van der Waals surface area contributed by atoms with Gasteiger partial charge in [-0.15, -0.1) is 0 Å². The fourth-order valence-electron chi connectivity index (χ4n) is 1.71. The van der Waals surface area contributed by atoms with E-state index in [1.54, 1.807) is 18.2 Å². The second-order valence-corrected chi connectivity index (χ2v) is 5.25. The van der Waals surface area contributed by atoms with Crippen molar-refractivity contribution in [3.63, 3.8) is 0 Å². The van der Waals surface area contributed by atoms with Gasteiger partial charge in [0.05, 0.1) is 23.8 Å². The molecule has 0 aliphatic rings. The van der Waals surface area contributed by atoms with Crippen molar-refractivity contribution in [2.24, 2.45) is 5.10 Å². The quantitative estimate of drug-likeness (QED) is 0.491. The molecule has 2 aromatic carbocycles. The molecule has 7 nitrogen and oxygen atoms in total. The molecule has 1 amide bonds. The van der Waals surface area contributed by atoms with Crippen LogP contribution in [0.1, 0.15) is 15.9 Å². The molecule has 0 aliphatic carbocycles. The van der Waals surface area contributed by atoms with E-state index >= 15 is 0 Å². The molecule has 8 heteroatoms. The zero-order chi connectivity index (χ0) is 16.8. The van der Waals surface area contributed by atoms with Gasteiger partial charge in [0.2, 0.25) is 0 Å². The summed E-state index contributed by atoms with van der Waals surface area (Å²) in [7, 11) is 1.51. The minimum absolute atomic E-state index is 0.00787. The van der Waals surface area contributed by atoms with Gasteiger partial charge in [0.25, 0.3) is 11.6 Å². The smallest absolute Gasteiger partial charge is 0.272 e. The number of benzene rings is 2. The Balaban J connectivity index is 2.05. The van der Waals surface area contributed by atoms with Crippen molar-refractivity contribution in [3.8, 4) is 5.75 Å². The van der Waals surface area contributed by atoms with Crippen molar-refractivity contribution in [2.75, 3.05) is 7.11 Å². The number of hydrogen-bond donors (Lipinski definition) is 1. The van der Waals surface area contributed by atoms with Gasteiger partial charge >= 0.3 is 0 Å². The second kappa shape index (κ2) is 7.50. The van der Waals surface area contributed by atoms with Crippen LogP contribution in [0.5, 0.6) is 5.75 Å². The van der Waals surface area contributed by atoms with Gasteiger partial charge in [-0.2, -0.15) is 5.10 Å². The number of amides is 1. The molecule has 0 bridgehead atoms. The van der Waals surface area contributed by atoms with Crippen molar-refractivity contribution in [2.45, 2.75) is 0 Å². The first kappa shape index (κ1) is 16.6. The van der Waals surface area contributed by atoms with Crippen LogP contribution in [-0.2, 0) is 0 Å². The van der Waals surface area contributed by atoms with E-state index in [4.69, 9.17) is 4.74 Å². The Bertz CT molecular complexity index is 760. The predicted octanol–water partition coefficient (Wildman–Crippen LogP) is 3.13. The van der Waals surface area contributed by atoms with Crippen molar-refractivity contribution in [3.05, 3.63) is 68.2 Å². The molecular formula is C15H12BrN3O4. The monoisotopic (exact) mass is 377 g/mol. The first-order valence-electron chi connectivity index (χ1n) is 6.42. The third kappa shape index (κ3) is 4.36. The first-order valence-corrected chi connectivity index (χ1v) is 7.22. The molecule has 23 heavy (non-hydrogen) atoms. The number of hydrazone groups is 1. The van der Waals surface area contributed by atoms with Gasteiger partial charge in [-0.1, -0.05) is 0 Å². The molecule has 1 N–H and O–H groups in total. The van der Waals surface area contributed by atoms with Gasteiger partial charge in [-0.05, 0) is 51.8 Å². The number of nitrogens with zero attached hydrogens (tertiary/aromatic N) is 2. The van der Waals surface area contributed by atoms with Gasteiger partial charge in [-0.25, -0.2) is 5.43 Å². The van der Waals surface area contributed by atoms with E-state index in [9.17, 15) is 14.9 Å². The number of nitro groups is 1. The maximum atomic E-state index is 12.1. The Kier molecular flexibility index (Phi) is 5.42. The van der Waals surface area contributed by atoms with Crippen LogP contribution in [0, 0.1) is 10.1 Å². The van der Waals surface area contributed by atoms with E-state index in [-0.39, 0.29) is 5.69 Å². The fraction of sp³-hybridized carbons (Fsp3) is 0.0667. The highest BCUT2D eigenvalue weighted by atomic mass is 79.9. The molecule has 0 aliphatic heterocycles. The SMILES string of the molecule is COc1ccc(Br)c(C(=O)N/N=C/c2ccc([N+](=O)[O-])cc2)c1. The van der Waals surface area contributed by atoms with Gasteiger partial charge < -0.3 is 4.74 Å². The van der Waals surface area contributed by atoms with E-state index in [2.05, 4.69) is 26.5 Å². The maximum absolute atomic E-state index is 12.1. The third-order valence-electron chi connectivity index (χ3n) is 2.90. The number of non-ortho nitro benzene ring substituents is 1. The molecule has 0 radical (unpaired) electrons. The number of hydrogen-bond acceptors (Lipinski definition) is 5. The van der Waals surface area contributed by atoms with E-state index in [0.29, 0.717) is 21.3 Å². The predicted molar refractivity (Wildman–Crippen MR) is 88.9 cm³/mol. The van der Waals surface area contributed by atoms with Crippen molar-refractivity contribution in [1.82, 2.24) is 5.43 Å². The molecule has 0 saturated carbocycles. The Morgan fingerprint density at radius 1 is 1.30 bits per heavy atom. The minimum atomic E-state index is -0.483. The number of carbonyl (C=O) groups excluding carboxylic acids is 1. The van der Waals surface area contributed by atoms with Crippen LogP contribution in [0.25, 0.3) is 0 Å². The van der Waals surface area contributed by atoms with Crippen LogP contribution in [0.3, 0.4) is 0 Å². The summed E-state index contributed by atoms with van der Waals surface area (Å²) in [5.41, 5.74) is 3.39. The van der Waals surface area contributed by atoms with Gasteiger partial charge in [0, 0.05) is 16.6 Å². The summed E-state index contributed by atoms with van der Waals surface area (Å²) in [4.78, 5) is 22.1. The number of carbonyl (C=O) groups is 1. The summed E-state index contributed by atoms with van der Waals surface area (Å²) in [5.74, 6) is 0.145. The Morgan fingerprint density at radius 3 is 2.61 bits per heavy atom. The number of nitrogens with one attached hydrogen (secondary N) is 1. The highest BCUT2D eigenvalue weighted by Crippen LogP contribution is 2.22. The summed E-state index contributed by atoms with van der Waals surface area (Å²) < 4.78 is 5.68. The van der Waals surface area contributed by atoms with E-state index in [0.717, 1.165) is 0 Å². The lowest BCUT2D eigenvalue weighted by Crippen LogP contribution is -2.18. The van der Waals surface area contributed by atoms with Crippen LogP contribution in [0.15, 0.2) is 52.0 Å². The average Bonchev–Trinajstić information content (AvgIpc) is 2.55. The largest absolute Gasteiger partial charge is 0.497 e. The van der Waals surface area contributed by atoms with E-state index < -0.39 is 10.8 Å². The second-order valence-electron chi connectivity index (χ2n) is 4.39. The number of rotatable bonds is 5. The summed E-state index contributed by atoms with van der Waals surface area (Å²) in [6.07, 6.45) is 1.40. The van der Waals surface area contributed by atoms with Crippen molar-refractivity contribution < 1.29 is 14.5 Å². The van der Waals surface area contributed by atoms with Gasteiger partial charge in [-0.3, -0.25) is 14.9 Å². The number of ether oxygens (including phenoxy) is 1. The highest BCUT2D eigenvalue weighted by molar-refractivity contribution is 9.10. The van der Waals surface area contributed by atoms with Crippen LogP contribution in [0.4, 0.5) is 5.69 Å². The zero-order valence-corrected chi connectivity index (χ0v) is 13.6. The molecule has 0 saturated heterocycles. The summed E-state index contributed by atoms with van der Waals surface area (Å²) in [6, 6.07) is 10.8. The van der Waals surface area contributed by atoms with E-state index in [1.165, 1.54) is 37.6 Å². The van der Waals surface area contributed by atoms with Crippen LogP contribution in [-0.4, -0.2) is 24.2 Å². The number of halogens is 1. The molecule has 118 valence electrons. The lowest BCUT2D eigenvalue weighted by molar-refractivity contribution is -0.384. The zero-order valence-electron chi connectivity index (χ0n) is 12.0. The van der Waals surface area contributed by atoms with Gasteiger partial charge in [0.15, 0.2) is 0 Å². The molecular weight excluding hydrogens is 366 g/mol. The van der Waals surface area contributed by atoms with Crippen molar-refractivity contribution in [1.29, 1.82) is 0 Å². The molecule has 0 atom stereocenters. The summed E-state index contributed by atoms with van der Waals surface area (Å²) in [6.45, 7) is 0. The minimum Gasteiger partial charge on any atom is -0.497 e. The number of methoxy groups -OCH3 is 1. The number of nitro benzene ring substituents is 1. The molecule has 0 fully saturated rings. The molecule has 2 aromatic rings. The average molecular weight is 378 g/mol. The summed E-state index contributed by atoms with van der Waals surface area (Å²) in [5, 5.41) is 14.4. The topological polar surface area (TPSA) is 93.8 Å². The molecule has 2 rings (SSSR count). The first-order chi connectivity index (χ1) is 11.0. The molecule has 0 unspecified atom stereocenters.